The SMILES string of the molecule is CC(C)C(OC(=O)c1cc(I)cc(I)c1OC(=O)C(F)(F)F)C(F)(F)C(=O)[O-]. The Balaban J connectivity index is 3.36. The maximum atomic E-state index is 13.8. The zero-order valence-electron chi connectivity index (χ0n) is 13.9. The molecular formula is C15H10F5I2O6-. The van der Waals surface area contributed by atoms with Gasteiger partial charge in [0, 0.05) is 3.57 Å². The second-order valence-electron chi connectivity index (χ2n) is 5.63. The van der Waals surface area contributed by atoms with Crippen LogP contribution in [0.1, 0.15) is 24.2 Å². The van der Waals surface area contributed by atoms with Crippen LogP contribution in [-0.4, -0.2) is 36.1 Å². The van der Waals surface area contributed by atoms with E-state index in [2.05, 4.69) is 9.47 Å². The van der Waals surface area contributed by atoms with Gasteiger partial charge >= 0.3 is 24.0 Å². The Morgan fingerprint density at radius 1 is 1.07 bits per heavy atom. The number of rotatable bonds is 6. The summed E-state index contributed by atoms with van der Waals surface area (Å²) in [5, 5.41) is 10.7. The zero-order chi connectivity index (χ0) is 22.0. The van der Waals surface area contributed by atoms with Gasteiger partial charge in [0.1, 0.15) is 11.5 Å². The molecule has 0 aliphatic carbocycles. The molecule has 0 amide bonds. The molecule has 13 heteroatoms. The smallest absolute Gasteiger partial charge is 0.491 e. The number of carbonyl (C=O) groups is 3. The van der Waals surface area contributed by atoms with Crippen molar-refractivity contribution in [1.82, 2.24) is 0 Å². The van der Waals surface area contributed by atoms with E-state index in [1.165, 1.54) is 28.7 Å². The fourth-order valence-electron chi connectivity index (χ4n) is 1.89. The number of aliphatic carboxylic acids is 1. The first-order chi connectivity index (χ1) is 12.6. The minimum absolute atomic E-state index is 0.109. The molecule has 1 aromatic carbocycles. The van der Waals surface area contributed by atoms with E-state index < -0.39 is 53.3 Å². The summed E-state index contributed by atoms with van der Waals surface area (Å²) in [6, 6.07) is 2.20. The van der Waals surface area contributed by atoms with E-state index >= 15 is 0 Å². The highest BCUT2D eigenvalue weighted by molar-refractivity contribution is 14.1. The van der Waals surface area contributed by atoms with Crippen LogP contribution in [-0.2, 0) is 14.3 Å². The highest BCUT2D eigenvalue weighted by Gasteiger charge is 2.47. The van der Waals surface area contributed by atoms with Crippen LogP contribution in [0.15, 0.2) is 12.1 Å². The fraction of sp³-hybridized carbons (Fsp3) is 0.400. The number of benzene rings is 1. The topological polar surface area (TPSA) is 92.7 Å². The van der Waals surface area contributed by atoms with Crippen molar-refractivity contribution in [3.63, 3.8) is 0 Å². The molecule has 0 saturated carbocycles. The van der Waals surface area contributed by atoms with Gasteiger partial charge in [0.2, 0.25) is 0 Å². The largest absolute Gasteiger partial charge is 0.544 e. The predicted molar refractivity (Wildman–Crippen MR) is 97.6 cm³/mol. The fourth-order valence-corrected chi connectivity index (χ4v) is 3.84. The van der Waals surface area contributed by atoms with E-state index in [1.807, 2.05) is 0 Å². The van der Waals surface area contributed by atoms with Crippen LogP contribution in [0, 0.1) is 13.1 Å². The summed E-state index contributed by atoms with van der Waals surface area (Å²) >= 11 is 3.15. The first-order valence-electron chi connectivity index (χ1n) is 7.17. The van der Waals surface area contributed by atoms with Gasteiger partial charge in [0.05, 0.1) is 3.57 Å². The molecule has 156 valence electrons. The van der Waals surface area contributed by atoms with Crippen molar-refractivity contribution < 1.29 is 50.9 Å². The molecule has 0 fully saturated rings. The van der Waals surface area contributed by atoms with Gasteiger partial charge in [-0.2, -0.15) is 22.0 Å². The number of carboxylic acids is 1. The lowest BCUT2D eigenvalue weighted by Gasteiger charge is -2.30. The number of alkyl halides is 5. The number of carboxylic acid groups (broad SMARTS) is 1. The molecule has 1 unspecified atom stereocenters. The van der Waals surface area contributed by atoms with E-state index in [-0.39, 0.29) is 7.14 Å². The molecule has 6 nitrogen and oxygen atoms in total. The maximum absolute atomic E-state index is 13.8. The van der Waals surface area contributed by atoms with Gasteiger partial charge in [-0.3, -0.25) is 0 Å². The van der Waals surface area contributed by atoms with Crippen LogP contribution in [0.4, 0.5) is 22.0 Å². The molecule has 0 radical (unpaired) electrons. The van der Waals surface area contributed by atoms with Crippen molar-refractivity contribution in [2.24, 2.45) is 5.92 Å². The van der Waals surface area contributed by atoms with Crippen LogP contribution in [0.5, 0.6) is 5.75 Å². The van der Waals surface area contributed by atoms with E-state index in [0.29, 0.717) is 0 Å². The van der Waals surface area contributed by atoms with Crippen LogP contribution >= 0.6 is 45.2 Å². The molecule has 0 heterocycles. The summed E-state index contributed by atoms with van der Waals surface area (Å²) in [6.45, 7) is 2.27. The Labute approximate surface area is 182 Å². The summed E-state index contributed by atoms with van der Waals surface area (Å²) in [4.78, 5) is 34.1. The van der Waals surface area contributed by atoms with Gasteiger partial charge in [0.25, 0.3) is 0 Å². The second kappa shape index (κ2) is 9.04. The normalized spacial score (nSPS) is 13.2. The minimum atomic E-state index is -5.38. The molecule has 0 saturated heterocycles. The van der Waals surface area contributed by atoms with Crippen molar-refractivity contribution >= 4 is 63.1 Å². The van der Waals surface area contributed by atoms with Gasteiger partial charge in [-0.05, 0) is 63.2 Å². The molecule has 0 bridgehead atoms. The van der Waals surface area contributed by atoms with Gasteiger partial charge in [-0.1, -0.05) is 13.8 Å². The molecule has 0 aliphatic heterocycles. The van der Waals surface area contributed by atoms with Gasteiger partial charge in [0.15, 0.2) is 11.9 Å². The third-order valence-corrected chi connectivity index (χ3v) is 4.55. The molecule has 0 aromatic heterocycles. The Hall–Kier alpha value is -1.26. The number of carbonyl (C=O) groups excluding carboxylic acids is 3. The molecule has 0 aliphatic rings. The van der Waals surface area contributed by atoms with Crippen molar-refractivity contribution in [3.8, 4) is 5.75 Å². The van der Waals surface area contributed by atoms with Crippen LogP contribution in [0.3, 0.4) is 0 Å². The average Bonchev–Trinajstić information content (AvgIpc) is 2.52. The van der Waals surface area contributed by atoms with Crippen LogP contribution in [0.2, 0.25) is 0 Å². The average molecular weight is 635 g/mol. The van der Waals surface area contributed by atoms with Crippen LogP contribution < -0.4 is 9.84 Å². The minimum Gasteiger partial charge on any atom is -0.544 e. The molecule has 28 heavy (non-hydrogen) atoms. The number of esters is 2. The molecule has 1 atom stereocenters. The quantitative estimate of drug-likeness (QED) is 0.207. The Morgan fingerprint density at radius 2 is 1.61 bits per heavy atom. The predicted octanol–water partition coefficient (Wildman–Crippen LogP) is 2.93. The van der Waals surface area contributed by atoms with E-state index in [9.17, 15) is 41.4 Å². The molecule has 0 spiro atoms. The lowest BCUT2D eigenvalue weighted by molar-refractivity contribution is -0.337. The number of ether oxygens (including phenoxy) is 2. The second-order valence-corrected chi connectivity index (χ2v) is 8.04. The van der Waals surface area contributed by atoms with Crippen LogP contribution in [0.25, 0.3) is 0 Å². The van der Waals surface area contributed by atoms with Crippen molar-refractivity contribution in [2.75, 3.05) is 0 Å². The van der Waals surface area contributed by atoms with Crippen molar-refractivity contribution in [2.45, 2.75) is 32.1 Å². The molecule has 0 N–H and O–H groups in total. The monoisotopic (exact) mass is 635 g/mol. The van der Waals surface area contributed by atoms with Gasteiger partial charge < -0.3 is 19.4 Å². The Kier molecular flexibility index (Phi) is 8.00. The first kappa shape index (κ1) is 24.8. The standard InChI is InChI=1S/C15H11F5I2O6/c1-5(2)10(14(16,17)12(24)25)28-11(23)7-3-6(21)4-8(22)9(7)27-13(26)15(18,19)20/h3-5,10H,1-2H3,(H,24,25)/p-1. The molecular weight excluding hydrogens is 625 g/mol. The van der Waals surface area contributed by atoms with Gasteiger partial charge in [-0.25, -0.2) is 9.59 Å². The zero-order valence-corrected chi connectivity index (χ0v) is 18.2. The highest BCUT2D eigenvalue weighted by Crippen LogP contribution is 2.33. The Bertz CT molecular complexity index is 794. The summed E-state index contributed by atoms with van der Waals surface area (Å²) in [5.41, 5.74) is -0.756. The summed E-state index contributed by atoms with van der Waals surface area (Å²) in [5.74, 6) is -13.6. The highest BCUT2D eigenvalue weighted by atomic mass is 127. The van der Waals surface area contributed by atoms with Crippen molar-refractivity contribution in [1.29, 1.82) is 0 Å². The summed E-state index contributed by atoms with van der Waals surface area (Å²) in [7, 11) is 0. The van der Waals surface area contributed by atoms with E-state index in [4.69, 9.17) is 0 Å². The number of halogens is 7. The third kappa shape index (κ3) is 5.87. The first-order valence-corrected chi connectivity index (χ1v) is 9.33. The van der Waals surface area contributed by atoms with E-state index in [1.54, 1.807) is 22.6 Å². The lowest BCUT2D eigenvalue weighted by atomic mass is 10.0. The maximum Gasteiger partial charge on any atom is 0.491 e. The molecule has 1 aromatic rings. The van der Waals surface area contributed by atoms with E-state index in [0.717, 1.165) is 19.9 Å². The summed E-state index contributed by atoms with van der Waals surface area (Å²) < 4.78 is 73.9. The lowest BCUT2D eigenvalue weighted by Crippen LogP contribution is -2.53. The molecule has 1 rings (SSSR count). The Morgan fingerprint density at radius 3 is 2.04 bits per heavy atom. The van der Waals surface area contributed by atoms with Crippen molar-refractivity contribution in [3.05, 3.63) is 24.8 Å². The van der Waals surface area contributed by atoms with Gasteiger partial charge in [-0.15, -0.1) is 0 Å². The number of hydrogen-bond acceptors (Lipinski definition) is 6. The number of hydrogen-bond donors (Lipinski definition) is 0. The summed E-state index contributed by atoms with van der Waals surface area (Å²) in [6.07, 6.45) is -7.86. The third-order valence-electron chi connectivity index (χ3n) is 3.12.